The lowest BCUT2D eigenvalue weighted by Crippen LogP contribution is -2.15. The molecule has 0 radical (unpaired) electrons. The minimum absolute atomic E-state index is 0.243. The van der Waals surface area contributed by atoms with Crippen LogP contribution in [0.15, 0.2) is 42.6 Å². The molecule has 0 bridgehead atoms. The predicted molar refractivity (Wildman–Crippen MR) is 72.9 cm³/mol. The van der Waals surface area contributed by atoms with Crippen molar-refractivity contribution in [3.8, 4) is 5.75 Å². The van der Waals surface area contributed by atoms with Crippen molar-refractivity contribution in [3.63, 3.8) is 0 Å². The second-order valence-electron chi connectivity index (χ2n) is 4.17. The molecule has 6 heteroatoms. The van der Waals surface area contributed by atoms with Gasteiger partial charge in [0.15, 0.2) is 6.61 Å². The Morgan fingerprint density at radius 3 is 2.75 bits per heavy atom. The fourth-order valence-electron chi connectivity index (χ4n) is 1.70. The fourth-order valence-corrected chi connectivity index (χ4v) is 1.70. The molecule has 0 saturated heterocycles. The lowest BCUT2D eigenvalue weighted by molar-refractivity contribution is -0.139. The Morgan fingerprint density at radius 2 is 2.10 bits per heavy atom. The summed E-state index contributed by atoms with van der Waals surface area (Å²) in [5.74, 6) is -0.909. The fraction of sp³-hybridized carbons (Fsp3) is 0.143. The number of rotatable bonds is 5. The molecule has 104 valence electrons. The first-order chi connectivity index (χ1) is 9.56. The maximum absolute atomic E-state index is 12.0. The standard InChI is InChI=1S/C14H14N2O4/c1-16-7-3-6-12(16)14(19)15-10-4-2-5-11(8-10)20-9-13(17)18/h2-8H,9H2,1H3,(H,15,19)(H,17,18). The van der Waals surface area contributed by atoms with Crippen LogP contribution in [0.4, 0.5) is 5.69 Å². The Hall–Kier alpha value is -2.76. The van der Waals surface area contributed by atoms with Gasteiger partial charge in [-0.2, -0.15) is 0 Å². The molecule has 0 atom stereocenters. The topological polar surface area (TPSA) is 80.6 Å². The highest BCUT2D eigenvalue weighted by Gasteiger charge is 2.09. The van der Waals surface area contributed by atoms with Gasteiger partial charge in [0.25, 0.3) is 5.91 Å². The second kappa shape index (κ2) is 5.92. The highest BCUT2D eigenvalue weighted by atomic mass is 16.5. The second-order valence-corrected chi connectivity index (χ2v) is 4.17. The Kier molecular flexibility index (Phi) is 4.05. The maximum Gasteiger partial charge on any atom is 0.341 e. The number of nitrogens with zero attached hydrogens (tertiary/aromatic N) is 1. The summed E-state index contributed by atoms with van der Waals surface area (Å²) in [5.41, 5.74) is 1.07. The summed E-state index contributed by atoms with van der Waals surface area (Å²) in [4.78, 5) is 22.4. The van der Waals surface area contributed by atoms with Crippen LogP contribution < -0.4 is 10.1 Å². The maximum atomic E-state index is 12.0. The smallest absolute Gasteiger partial charge is 0.341 e. The number of anilines is 1. The number of aromatic nitrogens is 1. The molecule has 1 amide bonds. The van der Waals surface area contributed by atoms with Crippen molar-refractivity contribution in [3.05, 3.63) is 48.3 Å². The normalized spacial score (nSPS) is 10.1. The monoisotopic (exact) mass is 274 g/mol. The van der Waals surface area contributed by atoms with E-state index < -0.39 is 12.6 Å². The summed E-state index contributed by atoms with van der Waals surface area (Å²) in [6.45, 7) is -0.421. The van der Waals surface area contributed by atoms with Gasteiger partial charge < -0.3 is 19.7 Å². The first-order valence-electron chi connectivity index (χ1n) is 5.93. The molecule has 2 rings (SSSR count). The largest absolute Gasteiger partial charge is 0.482 e. The van der Waals surface area contributed by atoms with Crippen LogP contribution in [-0.4, -0.2) is 28.2 Å². The number of carboxylic acid groups (broad SMARTS) is 1. The highest BCUT2D eigenvalue weighted by molar-refractivity contribution is 6.03. The van der Waals surface area contributed by atoms with E-state index in [0.717, 1.165) is 0 Å². The van der Waals surface area contributed by atoms with Crippen molar-refractivity contribution in [2.24, 2.45) is 7.05 Å². The van der Waals surface area contributed by atoms with Crippen LogP contribution in [0.25, 0.3) is 0 Å². The van der Waals surface area contributed by atoms with Crippen LogP contribution in [0, 0.1) is 0 Å². The molecule has 1 heterocycles. The number of benzene rings is 1. The zero-order chi connectivity index (χ0) is 14.5. The van der Waals surface area contributed by atoms with Gasteiger partial charge in [0.2, 0.25) is 0 Å². The molecule has 6 nitrogen and oxygen atoms in total. The van der Waals surface area contributed by atoms with Crippen LogP contribution in [0.2, 0.25) is 0 Å². The molecular formula is C14H14N2O4. The lowest BCUT2D eigenvalue weighted by Gasteiger charge is -2.08. The number of carbonyl (C=O) groups is 2. The van der Waals surface area contributed by atoms with E-state index in [2.05, 4.69) is 5.32 Å². The van der Waals surface area contributed by atoms with Gasteiger partial charge in [-0.25, -0.2) is 4.79 Å². The quantitative estimate of drug-likeness (QED) is 0.870. The van der Waals surface area contributed by atoms with E-state index in [1.807, 2.05) is 0 Å². The van der Waals surface area contributed by atoms with Crippen LogP contribution in [0.5, 0.6) is 5.75 Å². The van der Waals surface area contributed by atoms with E-state index in [9.17, 15) is 9.59 Å². The van der Waals surface area contributed by atoms with Gasteiger partial charge in [0, 0.05) is 25.0 Å². The van der Waals surface area contributed by atoms with E-state index in [1.165, 1.54) is 0 Å². The van der Waals surface area contributed by atoms with Crippen molar-refractivity contribution in [1.82, 2.24) is 4.57 Å². The number of carboxylic acids is 1. The zero-order valence-electron chi connectivity index (χ0n) is 10.9. The molecule has 0 fully saturated rings. The van der Waals surface area contributed by atoms with Gasteiger partial charge in [-0.15, -0.1) is 0 Å². The third-order valence-electron chi connectivity index (χ3n) is 2.63. The van der Waals surface area contributed by atoms with Crippen molar-refractivity contribution in [2.45, 2.75) is 0 Å². The summed E-state index contributed by atoms with van der Waals surface area (Å²) in [6.07, 6.45) is 1.78. The molecule has 1 aromatic heterocycles. The van der Waals surface area contributed by atoms with Crippen LogP contribution in [0.1, 0.15) is 10.5 Å². The Labute approximate surface area is 115 Å². The van der Waals surface area contributed by atoms with Crippen molar-refractivity contribution in [1.29, 1.82) is 0 Å². The van der Waals surface area contributed by atoms with Crippen LogP contribution >= 0.6 is 0 Å². The summed E-state index contributed by atoms with van der Waals surface area (Å²) in [6, 6.07) is 10.1. The van der Waals surface area contributed by atoms with E-state index in [1.54, 1.807) is 54.2 Å². The molecule has 0 spiro atoms. The van der Waals surface area contributed by atoms with E-state index in [0.29, 0.717) is 17.1 Å². The van der Waals surface area contributed by atoms with Gasteiger partial charge in [0.1, 0.15) is 11.4 Å². The lowest BCUT2D eigenvalue weighted by atomic mass is 10.3. The molecule has 0 unspecified atom stereocenters. The molecule has 20 heavy (non-hydrogen) atoms. The number of hydrogen-bond acceptors (Lipinski definition) is 3. The number of nitrogens with one attached hydrogen (secondary N) is 1. The van der Waals surface area contributed by atoms with Gasteiger partial charge in [-0.3, -0.25) is 4.79 Å². The first-order valence-corrected chi connectivity index (χ1v) is 5.93. The summed E-state index contributed by atoms with van der Waals surface area (Å²) in [5, 5.41) is 11.3. The molecular weight excluding hydrogens is 260 g/mol. The average Bonchev–Trinajstić information content (AvgIpc) is 2.83. The molecule has 2 aromatic rings. The van der Waals surface area contributed by atoms with E-state index in [4.69, 9.17) is 9.84 Å². The summed E-state index contributed by atoms with van der Waals surface area (Å²) >= 11 is 0. The van der Waals surface area contributed by atoms with Gasteiger partial charge in [0.05, 0.1) is 0 Å². The predicted octanol–water partition coefficient (Wildman–Crippen LogP) is 1.74. The number of hydrogen-bond donors (Lipinski definition) is 2. The number of carbonyl (C=O) groups excluding carboxylic acids is 1. The van der Waals surface area contributed by atoms with E-state index in [-0.39, 0.29) is 5.91 Å². The van der Waals surface area contributed by atoms with E-state index >= 15 is 0 Å². The van der Waals surface area contributed by atoms with Crippen molar-refractivity contribution < 1.29 is 19.4 Å². The Bertz CT molecular complexity index is 634. The molecule has 1 aromatic carbocycles. The van der Waals surface area contributed by atoms with Gasteiger partial charge in [-0.05, 0) is 24.3 Å². The number of aliphatic carboxylic acids is 1. The summed E-state index contributed by atoms with van der Waals surface area (Å²) in [7, 11) is 1.78. The average molecular weight is 274 g/mol. The third-order valence-corrected chi connectivity index (χ3v) is 2.63. The Morgan fingerprint density at radius 1 is 1.30 bits per heavy atom. The zero-order valence-corrected chi connectivity index (χ0v) is 10.9. The molecule has 0 saturated carbocycles. The van der Waals surface area contributed by atoms with Crippen molar-refractivity contribution in [2.75, 3.05) is 11.9 Å². The number of amides is 1. The minimum Gasteiger partial charge on any atom is -0.482 e. The summed E-state index contributed by atoms with van der Waals surface area (Å²) < 4.78 is 6.76. The Balaban J connectivity index is 2.06. The minimum atomic E-state index is -1.05. The molecule has 0 aliphatic rings. The SMILES string of the molecule is Cn1cccc1C(=O)Nc1cccc(OCC(=O)O)c1. The van der Waals surface area contributed by atoms with Crippen LogP contribution in [-0.2, 0) is 11.8 Å². The molecule has 2 N–H and O–H groups in total. The van der Waals surface area contributed by atoms with Crippen molar-refractivity contribution >= 4 is 17.6 Å². The molecule has 0 aliphatic heterocycles. The first kappa shape index (κ1) is 13.7. The molecule has 0 aliphatic carbocycles. The number of aryl methyl sites for hydroxylation is 1. The van der Waals surface area contributed by atoms with Crippen LogP contribution in [0.3, 0.4) is 0 Å². The van der Waals surface area contributed by atoms with Gasteiger partial charge >= 0.3 is 5.97 Å². The third kappa shape index (κ3) is 3.38. The van der Waals surface area contributed by atoms with Gasteiger partial charge in [-0.1, -0.05) is 6.07 Å². The highest BCUT2D eigenvalue weighted by Crippen LogP contribution is 2.18. The number of ether oxygens (including phenoxy) is 1.